The van der Waals surface area contributed by atoms with Crippen molar-refractivity contribution in [2.24, 2.45) is 0 Å². The Morgan fingerprint density at radius 1 is 1.20 bits per heavy atom. The molecule has 0 bridgehead atoms. The maximum absolute atomic E-state index is 13.5. The van der Waals surface area contributed by atoms with Gasteiger partial charge in [0.25, 0.3) is 0 Å². The van der Waals surface area contributed by atoms with Crippen LogP contribution in [0.3, 0.4) is 0 Å². The Bertz CT molecular complexity index is 641. The molecule has 2 aromatic carbocycles. The van der Waals surface area contributed by atoms with Crippen molar-refractivity contribution in [3.63, 3.8) is 0 Å². The zero-order valence-electron chi connectivity index (χ0n) is 10.3. The van der Waals surface area contributed by atoms with Gasteiger partial charge in [-0.15, -0.1) is 0 Å². The van der Waals surface area contributed by atoms with E-state index in [2.05, 4.69) is 5.32 Å². The fourth-order valence-corrected chi connectivity index (χ4v) is 1.94. The van der Waals surface area contributed by atoms with Gasteiger partial charge in [-0.3, -0.25) is 4.79 Å². The molecule has 0 fully saturated rings. The summed E-state index contributed by atoms with van der Waals surface area (Å²) in [6, 6.07) is 8.45. The SMILES string of the molecule is Nc1cccc(Cl)c1NC(=O)Cc1cccc(F)c1F. The maximum Gasteiger partial charge on any atom is 0.229 e. The van der Waals surface area contributed by atoms with Crippen LogP contribution in [0.15, 0.2) is 36.4 Å². The third-order valence-corrected chi connectivity index (χ3v) is 3.01. The summed E-state index contributed by atoms with van der Waals surface area (Å²) in [7, 11) is 0. The average Bonchev–Trinajstić information content (AvgIpc) is 2.39. The predicted octanol–water partition coefficient (Wildman–Crippen LogP) is 3.38. The molecule has 0 aromatic heterocycles. The molecule has 3 N–H and O–H groups in total. The number of rotatable bonds is 3. The second-order valence-electron chi connectivity index (χ2n) is 4.14. The van der Waals surface area contributed by atoms with Gasteiger partial charge in [0.1, 0.15) is 0 Å². The molecule has 0 saturated carbocycles. The highest BCUT2D eigenvalue weighted by Gasteiger charge is 2.13. The highest BCUT2D eigenvalue weighted by atomic mass is 35.5. The van der Waals surface area contributed by atoms with Gasteiger partial charge in [0.05, 0.1) is 22.8 Å². The molecule has 0 saturated heterocycles. The number of hydrogen-bond acceptors (Lipinski definition) is 2. The molecule has 2 aromatic rings. The lowest BCUT2D eigenvalue weighted by Gasteiger charge is -2.10. The fourth-order valence-electron chi connectivity index (χ4n) is 1.71. The van der Waals surface area contributed by atoms with E-state index in [-0.39, 0.29) is 22.7 Å². The van der Waals surface area contributed by atoms with Crippen LogP contribution >= 0.6 is 11.6 Å². The number of amides is 1. The Kier molecular flexibility index (Phi) is 4.20. The summed E-state index contributed by atoms with van der Waals surface area (Å²) >= 11 is 5.90. The maximum atomic E-state index is 13.5. The minimum atomic E-state index is -1.03. The second kappa shape index (κ2) is 5.88. The van der Waals surface area contributed by atoms with Crippen LogP contribution in [0.1, 0.15) is 5.56 Å². The second-order valence-corrected chi connectivity index (χ2v) is 4.55. The molecule has 0 heterocycles. The molecule has 0 unspecified atom stereocenters. The monoisotopic (exact) mass is 296 g/mol. The van der Waals surface area contributed by atoms with Gasteiger partial charge in [-0.2, -0.15) is 0 Å². The van der Waals surface area contributed by atoms with Gasteiger partial charge in [-0.25, -0.2) is 8.78 Å². The normalized spacial score (nSPS) is 10.3. The summed E-state index contributed by atoms with van der Waals surface area (Å²) in [5, 5.41) is 2.76. The van der Waals surface area contributed by atoms with E-state index < -0.39 is 17.5 Å². The lowest BCUT2D eigenvalue weighted by atomic mass is 10.1. The number of anilines is 2. The van der Waals surface area contributed by atoms with Crippen LogP contribution in [0.5, 0.6) is 0 Å². The van der Waals surface area contributed by atoms with Crippen molar-refractivity contribution in [1.82, 2.24) is 0 Å². The molecule has 0 radical (unpaired) electrons. The fraction of sp³-hybridized carbons (Fsp3) is 0.0714. The van der Waals surface area contributed by atoms with E-state index >= 15 is 0 Å². The van der Waals surface area contributed by atoms with Crippen LogP contribution in [-0.4, -0.2) is 5.91 Å². The van der Waals surface area contributed by atoms with Gasteiger partial charge in [0.2, 0.25) is 5.91 Å². The van der Waals surface area contributed by atoms with Gasteiger partial charge in [0, 0.05) is 5.56 Å². The van der Waals surface area contributed by atoms with Gasteiger partial charge in [-0.05, 0) is 18.2 Å². The molecule has 2 rings (SSSR count). The number of benzene rings is 2. The van der Waals surface area contributed by atoms with E-state index in [1.54, 1.807) is 18.2 Å². The van der Waals surface area contributed by atoms with Gasteiger partial charge < -0.3 is 11.1 Å². The number of nitrogens with one attached hydrogen (secondary N) is 1. The van der Waals surface area contributed by atoms with E-state index in [0.717, 1.165) is 6.07 Å². The Balaban J connectivity index is 2.16. The molecule has 104 valence electrons. The first-order valence-corrected chi connectivity index (χ1v) is 6.13. The standard InChI is InChI=1S/C14H11ClF2N2O/c15-9-4-2-6-11(18)14(9)19-12(20)7-8-3-1-5-10(16)13(8)17/h1-6H,7,18H2,(H,19,20). The lowest BCUT2D eigenvalue weighted by Crippen LogP contribution is -2.16. The van der Waals surface area contributed by atoms with Gasteiger partial charge in [-0.1, -0.05) is 29.8 Å². The number of nitrogens with two attached hydrogens (primary N) is 1. The number of carbonyl (C=O) groups is 1. The molecular formula is C14H11ClF2N2O. The van der Waals surface area contributed by atoms with Crippen molar-refractivity contribution in [3.8, 4) is 0 Å². The summed E-state index contributed by atoms with van der Waals surface area (Å²) in [6.45, 7) is 0. The number of hydrogen-bond donors (Lipinski definition) is 2. The molecule has 0 aliphatic carbocycles. The Morgan fingerprint density at radius 2 is 1.90 bits per heavy atom. The number of halogens is 3. The van der Waals surface area contributed by atoms with E-state index in [1.165, 1.54) is 12.1 Å². The molecule has 1 amide bonds. The first-order chi connectivity index (χ1) is 9.49. The molecule has 0 spiro atoms. The summed E-state index contributed by atoms with van der Waals surface area (Å²) < 4.78 is 26.5. The number of nitrogen functional groups attached to an aromatic ring is 1. The van der Waals surface area contributed by atoms with E-state index in [0.29, 0.717) is 5.69 Å². The largest absolute Gasteiger partial charge is 0.397 e. The topological polar surface area (TPSA) is 55.1 Å². The molecule has 0 aliphatic rings. The van der Waals surface area contributed by atoms with Crippen molar-refractivity contribution in [2.45, 2.75) is 6.42 Å². The van der Waals surface area contributed by atoms with E-state index in [1.807, 2.05) is 0 Å². The van der Waals surface area contributed by atoms with Crippen LogP contribution in [0.2, 0.25) is 5.02 Å². The predicted molar refractivity (Wildman–Crippen MR) is 74.6 cm³/mol. The third-order valence-electron chi connectivity index (χ3n) is 2.69. The lowest BCUT2D eigenvalue weighted by molar-refractivity contribution is -0.115. The molecule has 0 atom stereocenters. The highest BCUT2D eigenvalue weighted by molar-refractivity contribution is 6.34. The van der Waals surface area contributed by atoms with Crippen LogP contribution in [0.4, 0.5) is 20.2 Å². The summed E-state index contributed by atoms with van der Waals surface area (Å²) in [5.74, 6) is -2.56. The molecular weight excluding hydrogens is 286 g/mol. The highest BCUT2D eigenvalue weighted by Crippen LogP contribution is 2.28. The van der Waals surface area contributed by atoms with Crippen molar-refractivity contribution in [3.05, 3.63) is 58.6 Å². The van der Waals surface area contributed by atoms with Crippen molar-refractivity contribution in [2.75, 3.05) is 11.1 Å². The zero-order chi connectivity index (χ0) is 14.7. The van der Waals surface area contributed by atoms with Crippen LogP contribution in [0.25, 0.3) is 0 Å². The molecule has 3 nitrogen and oxygen atoms in total. The van der Waals surface area contributed by atoms with Gasteiger partial charge in [0.15, 0.2) is 11.6 Å². The Hall–Kier alpha value is -2.14. The summed E-state index contributed by atoms with van der Waals surface area (Å²) in [6.07, 6.45) is -0.311. The number of para-hydroxylation sites is 1. The van der Waals surface area contributed by atoms with E-state index in [9.17, 15) is 13.6 Å². The quantitative estimate of drug-likeness (QED) is 0.853. The molecule has 6 heteroatoms. The average molecular weight is 297 g/mol. The van der Waals surface area contributed by atoms with Crippen LogP contribution < -0.4 is 11.1 Å². The van der Waals surface area contributed by atoms with Gasteiger partial charge >= 0.3 is 0 Å². The van der Waals surface area contributed by atoms with Crippen LogP contribution in [0, 0.1) is 11.6 Å². The summed E-state index contributed by atoms with van der Waals surface area (Å²) in [5.41, 5.74) is 6.21. The smallest absolute Gasteiger partial charge is 0.229 e. The van der Waals surface area contributed by atoms with Crippen LogP contribution in [-0.2, 0) is 11.2 Å². The number of carbonyl (C=O) groups excluding carboxylic acids is 1. The van der Waals surface area contributed by atoms with Crippen molar-refractivity contribution < 1.29 is 13.6 Å². The molecule has 20 heavy (non-hydrogen) atoms. The van der Waals surface area contributed by atoms with Crippen molar-refractivity contribution in [1.29, 1.82) is 0 Å². The Labute approximate surface area is 119 Å². The third kappa shape index (κ3) is 3.05. The zero-order valence-corrected chi connectivity index (χ0v) is 11.0. The van der Waals surface area contributed by atoms with Crippen molar-refractivity contribution >= 4 is 28.9 Å². The minimum absolute atomic E-state index is 0.0341. The minimum Gasteiger partial charge on any atom is -0.397 e. The van der Waals surface area contributed by atoms with E-state index in [4.69, 9.17) is 17.3 Å². The molecule has 0 aliphatic heterocycles. The first-order valence-electron chi connectivity index (χ1n) is 5.75. The Morgan fingerprint density at radius 3 is 2.60 bits per heavy atom. The first kappa shape index (κ1) is 14.3. The summed E-state index contributed by atoms with van der Waals surface area (Å²) in [4.78, 5) is 11.8.